The number of aryl methyl sites for hydroxylation is 1. The van der Waals surface area contributed by atoms with E-state index in [0.717, 1.165) is 24.9 Å². The third-order valence-electron chi connectivity index (χ3n) is 5.94. The zero-order valence-corrected chi connectivity index (χ0v) is 21.2. The first-order valence-electron chi connectivity index (χ1n) is 11.6. The Hall–Kier alpha value is -3.10. The molecule has 3 aromatic rings. The minimum atomic E-state index is -0.189. The first kappa shape index (κ1) is 25.0. The van der Waals surface area contributed by atoms with Gasteiger partial charge in [-0.25, -0.2) is 0 Å². The number of anilines is 1. The molecule has 9 heteroatoms. The molecule has 1 fully saturated rings. The summed E-state index contributed by atoms with van der Waals surface area (Å²) in [6, 6.07) is 14.6. The molecule has 4 rings (SSSR count). The summed E-state index contributed by atoms with van der Waals surface area (Å²) >= 11 is 7.30. The van der Waals surface area contributed by atoms with Gasteiger partial charge in [-0.05, 0) is 61.2 Å². The number of halogens is 1. The van der Waals surface area contributed by atoms with Crippen LogP contribution in [0.1, 0.15) is 47.6 Å². The molecule has 1 unspecified atom stereocenters. The molecule has 7 nitrogen and oxygen atoms in total. The van der Waals surface area contributed by atoms with Gasteiger partial charge in [0.2, 0.25) is 5.91 Å². The molecule has 0 spiro atoms. The van der Waals surface area contributed by atoms with E-state index in [0.29, 0.717) is 34.7 Å². The Balaban J connectivity index is 1.46. The zero-order chi connectivity index (χ0) is 24.8. The van der Waals surface area contributed by atoms with Crippen molar-refractivity contribution in [2.45, 2.75) is 43.9 Å². The van der Waals surface area contributed by atoms with Crippen molar-refractivity contribution in [3.05, 3.63) is 83.2 Å². The monoisotopic (exact) mass is 509 g/mol. The Bertz CT molecular complexity index is 1190. The number of benzene rings is 2. The quantitative estimate of drug-likeness (QED) is 0.309. The lowest BCUT2D eigenvalue weighted by atomic mass is 10.1. The summed E-state index contributed by atoms with van der Waals surface area (Å²) in [5, 5.41) is 12.9. The SMILES string of the molecule is C=CCn1c(SCC(=O)Nc2ccc(CC)cc2)nnc1C1CCCN1C(=O)c1ccc(Cl)cc1. The fraction of sp³-hybridized carbons (Fsp3) is 0.308. The average Bonchev–Trinajstić information content (AvgIpc) is 3.50. The Kier molecular flexibility index (Phi) is 8.25. The van der Waals surface area contributed by atoms with Crippen LogP contribution in [0.25, 0.3) is 0 Å². The van der Waals surface area contributed by atoms with Crippen LogP contribution in [-0.4, -0.2) is 43.8 Å². The highest BCUT2D eigenvalue weighted by Crippen LogP contribution is 2.34. The molecule has 0 aliphatic carbocycles. The molecule has 2 amide bonds. The third-order valence-corrected chi connectivity index (χ3v) is 7.16. The highest BCUT2D eigenvalue weighted by molar-refractivity contribution is 7.99. The van der Waals surface area contributed by atoms with Gasteiger partial charge in [0.1, 0.15) is 0 Å². The number of allylic oxidation sites excluding steroid dienone is 1. The van der Waals surface area contributed by atoms with Crippen LogP contribution in [0.15, 0.2) is 66.3 Å². The van der Waals surface area contributed by atoms with Gasteiger partial charge in [0.15, 0.2) is 11.0 Å². The lowest BCUT2D eigenvalue weighted by Gasteiger charge is -2.24. The fourth-order valence-electron chi connectivity index (χ4n) is 4.14. The van der Waals surface area contributed by atoms with Crippen molar-refractivity contribution in [3.8, 4) is 0 Å². The molecule has 2 aromatic carbocycles. The standard InChI is InChI=1S/C26H28ClN5O2S/c1-3-15-32-24(22-6-5-16-31(22)25(34)19-9-11-20(27)12-10-19)29-30-26(32)35-17-23(33)28-21-13-7-18(4-2)8-14-21/h3,7-14,22H,1,4-6,15-17H2,2H3,(H,28,33). The molecular weight excluding hydrogens is 482 g/mol. The van der Waals surface area contributed by atoms with Crippen LogP contribution in [0.3, 0.4) is 0 Å². The van der Waals surface area contributed by atoms with Gasteiger partial charge in [-0.2, -0.15) is 0 Å². The summed E-state index contributed by atoms with van der Waals surface area (Å²) in [5.74, 6) is 0.736. The zero-order valence-electron chi connectivity index (χ0n) is 19.6. The maximum Gasteiger partial charge on any atom is 0.254 e. The number of likely N-dealkylation sites (tertiary alicyclic amines) is 1. The van der Waals surface area contributed by atoms with Gasteiger partial charge in [0.05, 0.1) is 11.8 Å². The smallest absolute Gasteiger partial charge is 0.254 e. The van der Waals surface area contributed by atoms with Gasteiger partial charge in [-0.3, -0.25) is 9.59 Å². The van der Waals surface area contributed by atoms with Crippen molar-refractivity contribution in [3.63, 3.8) is 0 Å². The number of aromatic nitrogens is 3. The highest BCUT2D eigenvalue weighted by atomic mass is 35.5. The van der Waals surface area contributed by atoms with Crippen LogP contribution in [0, 0.1) is 0 Å². The summed E-state index contributed by atoms with van der Waals surface area (Å²) < 4.78 is 1.94. The molecule has 1 aliphatic rings. The van der Waals surface area contributed by atoms with E-state index in [9.17, 15) is 9.59 Å². The number of hydrogen-bond acceptors (Lipinski definition) is 5. The van der Waals surface area contributed by atoms with E-state index >= 15 is 0 Å². The molecule has 1 aliphatic heterocycles. The van der Waals surface area contributed by atoms with Crippen molar-refractivity contribution in [2.75, 3.05) is 17.6 Å². The third kappa shape index (κ3) is 5.94. The lowest BCUT2D eigenvalue weighted by molar-refractivity contribution is -0.113. The van der Waals surface area contributed by atoms with Crippen molar-refractivity contribution in [2.24, 2.45) is 0 Å². The summed E-state index contributed by atoms with van der Waals surface area (Å²) in [7, 11) is 0. The van der Waals surface area contributed by atoms with E-state index in [1.807, 2.05) is 33.7 Å². The summed E-state index contributed by atoms with van der Waals surface area (Å²) in [6.45, 7) is 7.09. The Labute approximate surface area is 214 Å². The summed E-state index contributed by atoms with van der Waals surface area (Å²) in [5.41, 5.74) is 2.58. The topological polar surface area (TPSA) is 80.1 Å². The maximum atomic E-state index is 13.2. The molecule has 1 atom stereocenters. The van der Waals surface area contributed by atoms with E-state index in [-0.39, 0.29) is 23.6 Å². The fourth-order valence-corrected chi connectivity index (χ4v) is 5.02. The van der Waals surface area contributed by atoms with E-state index < -0.39 is 0 Å². The van der Waals surface area contributed by atoms with Crippen LogP contribution in [0.2, 0.25) is 5.02 Å². The number of thioether (sulfide) groups is 1. The number of carbonyl (C=O) groups is 2. The molecule has 35 heavy (non-hydrogen) atoms. The molecule has 182 valence electrons. The average molecular weight is 510 g/mol. The second-order valence-electron chi connectivity index (χ2n) is 8.29. The number of amides is 2. The summed E-state index contributed by atoms with van der Waals surface area (Å²) in [6.07, 6.45) is 4.40. The van der Waals surface area contributed by atoms with Gasteiger partial charge in [0, 0.05) is 29.4 Å². The van der Waals surface area contributed by atoms with E-state index in [4.69, 9.17) is 11.6 Å². The van der Waals surface area contributed by atoms with Crippen LogP contribution in [0.5, 0.6) is 0 Å². The second-order valence-corrected chi connectivity index (χ2v) is 9.67. The van der Waals surface area contributed by atoms with Crippen molar-refractivity contribution in [1.82, 2.24) is 19.7 Å². The Morgan fingerprint density at radius 1 is 1.17 bits per heavy atom. The van der Waals surface area contributed by atoms with Crippen LogP contribution in [-0.2, 0) is 17.8 Å². The van der Waals surface area contributed by atoms with Crippen molar-refractivity contribution < 1.29 is 9.59 Å². The number of nitrogens with one attached hydrogen (secondary N) is 1. The molecule has 1 N–H and O–H groups in total. The minimum Gasteiger partial charge on any atom is -0.328 e. The van der Waals surface area contributed by atoms with E-state index in [1.54, 1.807) is 30.3 Å². The van der Waals surface area contributed by atoms with Crippen LogP contribution >= 0.6 is 23.4 Å². The van der Waals surface area contributed by atoms with Gasteiger partial charge >= 0.3 is 0 Å². The van der Waals surface area contributed by atoms with Gasteiger partial charge in [-0.1, -0.05) is 48.5 Å². The van der Waals surface area contributed by atoms with Crippen molar-refractivity contribution >= 4 is 40.9 Å². The number of carbonyl (C=O) groups excluding carboxylic acids is 2. The van der Waals surface area contributed by atoms with Gasteiger partial charge in [0.25, 0.3) is 5.91 Å². The largest absolute Gasteiger partial charge is 0.328 e. The van der Waals surface area contributed by atoms with Gasteiger partial charge in [-0.15, -0.1) is 16.8 Å². The number of hydrogen-bond donors (Lipinski definition) is 1. The van der Waals surface area contributed by atoms with Gasteiger partial charge < -0.3 is 14.8 Å². The molecule has 0 radical (unpaired) electrons. The van der Waals surface area contributed by atoms with Crippen LogP contribution in [0.4, 0.5) is 5.69 Å². The maximum absolute atomic E-state index is 13.2. The molecule has 0 bridgehead atoms. The van der Waals surface area contributed by atoms with E-state index in [1.165, 1.54) is 17.3 Å². The normalized spacial score (nSPS) is 15.3. The highest BCUT2D eigenvalue weighted by Gasteiger charge is 2.34. The minimum absolute atomic E-state index is 0.0556. The second kappa shape index (κ2) is 11.6. The molecule has 1 saturated heterocycles. The first-order valence-corrected chi connectivity index (χ1v) is 13.0. The molecule has 1 aromatic heterocycles. The molecule has 0 saturated carbocycles. The number of rotatable bonds is 9. The van der Waals surface area contributed by atoms with Crippen LogP contribution < -0.4 is 5.32 Å². The molecule has 2 heterocycles. The predicted octanol–water partition coefficient (Wildman–Crippen LogP) is 5.39. The summed E-state index contributed by atoms with van der Waals surface area (Å²) in [4.78, 5) is 27.6. The lowest BCUT2D eigenvalue weighted by Crippen LogP contribution is -2.32. The number of nitrogens with zero attached hydrogens (tertiary/aromatic N) is 4. The molecular formula is C26H28ClN5O2S. The first-order chi connectivity index (χ1) is 17.0. The predicted molar refractivity (Wildman–Crippen MR) is 140 cm³/mol. The van der Waals surface area contributed by atoms with E-state index in [2.05, 4.69) is 29.0 Å². The van der Waals surface area contributed by atoms with Crippen molar-refractivity contribution in [1.29, 1.82) is 0 Å². The Morgan fingerprint density at radius 2 is 1.91 bits per heavy atom. The Morgan fingerprint density at radius 3 is 2.60 bits per heavy atom.